The van der Waals surface area contributed by atoms with Gasteiger partial charge in [0.05, 0.1) is 6.54 Å². The fourth-order valence-corrected chi connectivity index (χ4v) is 6.55. The lowest BCUT2D eigenvalue weighted by Gasteiger charge is -2.45. The van der Waals surface area contributed by atoms with Gasteiger partial charge in [0.25, 0.3) is 0 Å². The number of likely N-dealkylation sites (tertiary alicyclic amines) is 1. The molecule has 0 aromatic heterocycles. The van der Waals surface area contributed by atoms with Crippen molar-refractivity contribution in [2.75, 3.05) is 38.5 Å². The number of benzene rings is 2. The third-order valence-electron chi connectivity index (χ3n) is 7.68. The maximum absolute atomic E-state index is 12.7. The minimum atomic E-state index is -0.483. The van der Waals surface area contributed by atoms with Crippen molar-refractivity contribution in [3.05, 3.63) is 70.1 Å². The van der Waals surface area contributed by atoms with Crippen LogP contribution in [0, 0.1) is 0 Å². The Morgan fingerprint density at radius 2 is 1.73 bits per heavy atom. The average molecular weight is 565 g/mol. The summed E-state index contributed by atoms with van der Waals surface area (Å²) in [5.41, 5.74) is 7.45. The van der Waals surface area contributed by atoms with Gasteiger partial charge < -0.3 is 19.9 Å². The third kappa shape index (κ3) is 5.96. The van der Waals surface area contributed by atoms with E-state index < -0.39 is 29.2 Å². The molecule has 2 heterocycles. The van der Waals surface area contributed by atoms with Gasteiger partial charge in [-0.05, 0) is 23.1 Å². The summed E-state index contributed by atoms with van der Waals surface area (Å²) in [5.74, 6) is 0.444. The zero-order chi connectivity index (χ0) is 28.5. The number of ether oxygens (including phenoxy) is 3. The van der Waals surface area contributed by atoms with Crippen molar-refractivity contribution < 1.29 is 28.6 Å². The van der Waals surface area contributed by atoms with Crippen molar-refractivity contribution in [1.29, 1.82) is 0 Å². The lowest BCUT2D eigenvalue weighted by Crippen LogP contribution is -2.51. The van der Waals surface area contributed by atoms with Crippen LogP contribution in [0.25, 0.3) is 5.76 Å². The Labute approximate surface area is 239 Å². The van der Waals surface area contributed by atoms with Gasteiger partial charge in [-0.25, -0.2) is 0 Å². The second-order valence-corrected chi connectivity index (χ2v) is 12.6. The Morgan fingerprint density at radius 1 is 1.05 bits per heavy atom. The summed E-state index contributed by atoms with van der Waals surface area (Å²) in [6.45, 7) is 8.49. The Kier molecular flexibility index (Phi) is 8.08. The molecule has 1 saturated heterocycles. The van der Waals surface area contributed by atoms with E-state index in [0.29, 0.717) is 34.1 Å². The molecule has 40 heavy (non-hydrogen) atoms. The lowest BCUT2D eigenvalue weighted by atomic mass is 9.87. The molecule has 9 heteroatoms. The summed E-state index contributed by atoms with van der Waals surface area (Å²) in [7, 11) is 0. The first-order valence-corrected chi connectivity index (χ1v) is 14.7. The number of carbonyl (C=O) groups is 3. The first kappa shape index (κ1) is 28.4. The number of nitrogens with zero attached hydrogens (tertiary/aromatic N) is 1. The van der Waals surface area contributed by atoms with E-state index in [9.17, 15) is 14.4 Å². The van der Waals surface area contributed by atoms with Gasteiger partial charge in [0, 0.05) is 49.4 Å². The van der Waals surface area contributed by atoms with Crippen molar-refractivity contribution in [1.82, 2.24) is 4.90 Å². The number of fused-ring (bicyclic) bond motifs is 2. The van der Waals surface area contributed by atoms with E-state index in [-0.39, 0.29) is 18.6 Å². The quantitative estimate of drug-likeness (QED) is 0.395. The fraction of sp³-hybridized carbons (Fsp3) is 0.452. The standard InChI is InChI=1S/C31H36N2O6S/c1-30(2,3)20-8-10-21(11-9-20)37-18-22(38-25(34)16-32)17-33-14-12-31(13-15-33)19-40-29-27(36)26(35)23-6-4-5-7-24(23)28(29)39-31/h4-11,22H,12-19,32H2,1-3H3/t22-/m0/s1. The second kappa shape index (κ2) is 11.4. The fourth-order valence-electron chi connectivity index (χ4n) is 5.29. The molecule has 2 aromatic rings. The largest absolute Gasteiger partial charge is 0.490 e. The van der Waals surface area contributed by atoms with Gasteiger partial charge in [-0.2, -0.15) is 0 Å². The molecule has 1 atom stereocenters. The van der Waals surface area contributed by atoms with Crippen LogP contribution < -0.4 is 10.5 Å². The Bertz CT molecular complexity index is 1320. The highest BCUT2D eigenvalue weighted by Gasteiger charge is 2.46. The van der Waals surface area contributed by atoms with Crippen molar-refractivity contribution in [3.8, 4) is 5.75 Å². The van der Waals surface area contributed by atoms with Gasteiger partial charge in [0.15, 0.2) is 0 Å². The number of allylic oxidation sites excluding steroid dienone is 1. The molecule has 0 radical (unpaired) electrons. The van der Waals surface area contributed by atoms with E-state index in [4.69, 9.17) is 19.9 Å². The molecular formula is C31H36N2O6S. The summed E-state index contributed by atoms with van der Waals surface area (Å²) < 4.78 is 18.2. The molecule has 2 aromatic carbocycles. The molecule has 2 aliphatic heterocycles. The van der Waals surface area contributed by atoms with Gasteiger partial charge in [-0.3, -0.25) is 19.3 Å². The normalized spacial score (nSPS) is 19.5. The van der Waals surface area contributed by atoms with Crippen LogP contribution in [-0.4, -0.2) is 72.7 Å². The summed E-state index contributed by atoms with van der Waals surface area (Å²) in [6, 6.07) is 15.1. The molecule has 3 aliphatic rings. The predicted octanol–water partition coefficient (Wildman–Crippen LogP) is 3.97. The number of hydrogen-bond donors (Lipinski definition) is 1. The summed E-state index contributed by atoms with van der Waals surface area (Å²) >= 11 is 1.43. The molecule has 0 saturated carbocycles. The minimum Gasteiger partial charge on any atom is -0.490 e. The van der Waals surface area contributed by atoms with Gasteiger partial charge in [-0.15, -0.1) is 11.8 Å². The first-order valence-electron chi connectivity index (χ1n) is 13.7. The number of ketones is 2. The zero-order valence-corrected chi connectivity index (χ0v) is 24.1. The molecule has 1 aliphatic carbocycles. The summed E-state index contributed by atoms with van der Waals surface area (Å²) in [5, 5.41) is 0. The van der Waals surface area contributed by atoms with Crippen LogP contribution in [-0.2, 0) is 24.5 Å². The minimum absolute atomic E-state index is 0.0509. The molecule has 0 unspecified atom stereocenters. The number of thioether (sulfide) groups is 1. The second-order valence-electron chi connectivity index (χ2n) is 11.6. The highest BCUT2D eigenvalue weighted by Crippen LogP contribution is 2.47. The van der Waals surface area contributed by atoms with Crippen molar-refractivity contribution in [2.45, 2.75) is 50.7 Å². The van der Waals surface area contributed by atoms with E-state index in [1.54, 1.807) is 12.1 Å². The number of esters is 1. The predicted molar refractivity (Wildman–Crippen MR) is 154 cm³/mol. The molecular weight excluding hydrogens is 528 g/mol. The Balaban J connectivity index is 1.21. The van der Waals surface area contributed by atoms with E-state index in [1.807, 2.05) is 24.3 Å². The van der Waals surface area contributed by atoms with Crippen LogP contribution in [0.3, 0.4) is 0 Å². The number of hydrogen-bond acceptors (Lipinski definition) is 9. The van der Waals surface area contributed by atoms with E-state index in [1.165, 1.54) is 17.3 Å². The number of carbonyl (C=O) groups excluding carboxylic acids is 3. The maximum atomic E-state index is 12.7. The van der Waals surface area contributed by atoms with Crippen LogP contribution >= 0.6 is 11.8 Å². The molecule has 0 bridgehead atoms. The zero-order valence-electron chi connectivity index (χ0n) is 23.2. The SMILES string of the molecule is CC(C)(C)c1ccc(OC[C@H](CN2CCC3(CC2)CSC2=C(O3)c3ccccc3C(=O)C2=O)OC(=O)CN)cc1. The molecule has 212 valence electrons. The molecule has 0 amide bonds. The van der Waals surface area contributed by atoms with Crippen LogP contribution in [0.2, 0.25) is 0 Å². The Morgan fingerprint density at radius 3 is 2.38 bits per heavy atom. The van der Waals surface area contributed by atoms with E-state index >= 15 is 0 Å². The molecule has 2 N–H and O–H groups in total. The van der Waals surface area contributed by atoms with E-state index in [0.717, 1.165) is 31.7 Å². The maximum Gasteiger partial charge on any atom is 0.320 e. The van der Waals surface area contributed by atoms with Crippen molar-refractivity contribution >= 4 is 35.1 Å². The molecule has 1 fully saturated rings. The van der Waals surface area contributed by atoms with Crippen molar-refractivity contribution in [3.63, 3.8) is 0 Å². The average Bonchev–Trinajstić information content (AvgIpc) is 2.95. The Hall–Kier alpha value is -3.14. The van der Waals surface area contributed by atoms with E-state index in [2.05, 4.69) is 37.8 Å². The van der Waals surface area contributed by atoms with Crippen molar-refractivity contribution in [2.24, 2.45) is 5.73 Å². The van der Waals surface area contributed by atoms with Gasteiger partial charge in [0.1, 0.15) is 34.7 Å². The van der Waals surface area contributed by atoms with Gasteiger partial charge in [-0.1, -0.05) is 57.2 Å². The van der Waals surface area contributed by atoms with Crippen LogP contribution in [0.5, 0.6) is 5.75 Å². The molecule has 1 spiro atoms. The highest BCUT2D eigenvalue weighted by molar-refractivity contribution is 8.04. The van der Waals surface area contributed by atoms with Gasteiger partial charge >= 0.3 is 5.97 Å². The van der Waals surface area contributed by atoms with Gasteiger partial charge in [0.2, 0.25) is 11.6 Å². The topological polar surface area (TPSA) is 108 Å². The van der Waals surface area contributed by atoms with Crippen LogP contribution in [0.4, 0.5) is 0 Å². The summed E-state index contributed by atoms with van der Waals surface area (Å²) in [4.78, 5) is 40.0. The van der Waals surface area contributed by atoms with Crippen LogP contribution in [0.15, 0.2) is 53.4 Å². The highest BCUT2D eigenvalue weighted by atomic mass is 32.2. The lowest BCUT2D eigenvalue weighted by molar-refractivity contribution is -0.150. The smallest absolute Gasteiger partial charge is 0.320 e. The summed E-state index contributed by atoms with van der Waals surface area (Å²) in [6.07, 6.45) is 1.01. The number of rotatable bonds is 7. The monoisotopic (exact) mass is 564 g/mol. The third-order valence-corrected chi connectivity index (χ3v) is 9.01. The first-order chi connectivity index (χ1) is 19.1. The number of piperidine rings is 1. The van der Waals surface area contributed by atoms with Crippen LogP contribution in [0.1, 0.15) is 55.1 Å². The molecule has 8 nitrogen and oxygen atoms in total. The number of Topliss-reactive ketones (excluding diaryl/α,β-unsaturated/α-hetero) is 2. The number of nitrogens with two attached hydrogens (primary N) is 1. The molecule has 5 rings (SSSR count).